The highest BCUT2D eigenvalue weighted by atomic mass is 19.1. The van der Waals surface area contributed by atoms with Gasteiger partial charge < -0.3 is 4.90 Å². The lowest BCUT2D eigenvalue weighted by atomic mass is 10.1. The number of carbonyl (C=O) groups is 1. The van der Waals surface area contributed by atoms with Crippen LogP contribution >= 0.6 is 0 Å². The summed E-state index contributed by atoms with van der Waals surface area (Å²) < 4.78 is 12.5. The predicted molar refractivity (Wildman–Crippen MR) is 50.5 cm³/mol. The molecule has 0 atom stereocenters. The zero-order valence-electron chi connectivity index (χ0n) is 8.22. The fraction of sp³-hybridized carbons (Fsp3) is 0.500. The molecular weight excluding hydrogens is 169 g/mol. The highest BCUT2D eigenvalue weighted by Crippen LogP contribution is 2.15. The van der Waals surface area contributed by atoms with Crippen LogP contribution in [0.1, 0.15) is 20.8 Å². The molecule has 0 heterocycles. The first-order valence-electron chi connectivity index (χ1n) is 3.90. The topological polar surface area (TPSA) is 20.3 Å². The molecule has 0 aliphatic rings. The molecule has 0 radical (unpaired) electrons. The van der Waals surface area contributed by atoms with Gasteiger partial charge in [-0.1, -0.05) is 12.5 Å². The molecule has 0 saturated heterocycles. The molecule has 0 rings (SSSR count). The third kappa shape index (κ3) is 3.29. The maximum atomic E-state index is 12.5. The molecule has 0 aliphatic carbocycles. The Hall–Kier alpha value is -1.30. The third-order valence-corrected chi connectivity index (χ3v) is 1.54. The van der Waals surface area contributed by atoms with Crippen LogP contribution in [-0.4, -0.2) is 22.9 Å². The Bertz CT molecular complexity index is 257. The van der Waals surface area contributed by atoms with Gasteiger partial charge >= 0.3 is 0 Å². The molecule has 13 heavy (non-hydrogen) atoms. The summed E-state index contributed by atoms with van der Waals surface area (Å²) in [6.07, 6.45) is 5.07. The minimum atomic E-state index is -0.981. The van der Waals surface area contributed by atoms with Gasteiger partial charge in [0.05, 0.1) is 6.54 Å². The van der Waals surface area contributed by atoms with Gasteiger partial charge in [0.15, 0.2) is 5.83 Å². The molecule has 2 nitrogen and oxygen atoms in total. The molecule has 1 amide bonds. The van der Waals surface area contributed by atoms with Crippen LogP contribution in [0, 0.1) is 12.3 Å². The molecule has 3 heteroatoms. The van der Waals surface area contributed by atoms with E-state index in [1.54, 1.807) is 20.8 Å². The van der Waals surface area contributed by atoms with Crippen LogP contribution in [0.25, 0.3) is 0 Å². The van der Waals surface area contributed by atoms with E-state index in [0.29, 0.717) is 0 Å². The van der Waals surface area contributed by atoms with Crippen LogP contribution in [-0.2, 0) is 4.79 Å². The molecule has 0 aromatic carbocycles. The normalized spacial score (nSPS) is 10.4. The van der Waals surface area contributed by atoms with Crippen LogP contribution in [0.15, 0.2) is 12.4 Å². The number of hydrogen-bond donors (Lipinski definition) is 0. The molecule has 0 fully saturated rings. The SMILES string of the molecule is C#CCN(C(=O)C(=C)F)C(C)(C)C. The van der Waals surface area contributed by atoms with Gasteiger partial charge in [-0.15, -0.1) is 6.42 Å². The highest BCUT2D eigenvalue weighted by Gasteiger charge is 2.27. The third-order valence-electron chi connectivity index (χ3n) is 1.54. The summed E-state index contributed by atoms with van der Waals surface area (Å²) in [6.45, 7) is 8.38. The largest absolute Gasteiger partial charge is 0.321 e. The van der Waals surface area contributed by atoms with Crippen LogP contribution in [0.5, 0.6) is 0 Å². The van der Waals surface area contributed by atoms with Gasteiger partial charge in [0.25, 0.3) is 5.91 Å². The van der Waals surface area contributed by atoms with Crippen LogP contribution < -0.4 is 0 Å². The Morgan fingerprint density at radius 3 is 2.31 bits per heavy atom. The Kier molecular flexibility index (Phi) is 3.68. The van der Waals surface area contributed by atoms with Crippen LogP contribution in [0.4, 0.5) is 4.39 Å². The molecule has 0 saturated carbocycles. The van der Waals surface area contributed by atoms with E-state index in [-0.39, 0.29) is 6.54 Å². The number of rotatable bonds is 2. The van der Waals surface area contributed by atoms with Crippen molar-refractivity contribution in [3.8, 4) is 12.3 Å². The van der Waals surface area contributed by atoms with Gasteiger partial charge in [-0.05, 0) is 20.8 Å². The zero-order valence-corrected chi connectivity index (χ0v) is 8.22. The van der Waals surface area contributed by atoms with E-state index in [1.165, 1.54) is 4.90 Å². The number of carbonyl (C=O) groups excluding carboxylic acids is 1. The summed E-state index contributed by atoms with van der Waals surface area (Å²) in [5, 5.41) is 0. The first-order valence-corrected chi connectivity index (χ1v) is 3.90. The smallest absolute Gasteiger partial charge is 0.283 e. The van der Waals surface area contributed by atoms with E-state index in [1.807, 2.05) is 0 Å². The monoisotopic (exact) mass is 183 g/mol. The van der Waals surface area contributed by atoms with Crippen LogP contribution in [0.2, 0.25) is 0 Å². The lowest BCUT2D eigenvalue weighted by Gasteiger charge is -2.33. The van der Waals surface area contributed by atoms with Gasteiger partial charge in [0, 0.05) is 5.54 Å². The van der Waals surface area contributed by atoms with Crippen molar-refractivity contribution in [3.63, 3.8) is 0 Å². The van der Waals surface area contributed by atoms with E-state index >= 15 is 0 Å². The number of nitrogens with zero attached hydrogens (tertiary/aromatic N) is 1. The van der Waals surface area contributed by atoms with Crippen molar-refractivity contribution >= 4 is 5.91 Å². The van der Waals surface area contributed by atoms with Crippen molar-refractivity contribution in [1.82, 2.24) is 4.90 Å². The average molecular weight is 183 g/mol. The first kappa shape index (κ1) is 11.7. The fourth-order valence-corrected chi connectivity index (χ4v) is 0.851. The van der Waals surface area contributed by atoms with Gasteiger partial charge in [0.2, 0.25) is 0 Å². The number of hydrogen-bond acceptors (Lipinski definition) is 1. The van der Waals surface area contributed by atoms with Gasteiger partial charge in [-0.25, -0.2) is 4.39 Å². The summed E-state index contributed by atoms with van der Waals surface area (Å²) in [7, 11) is 0. The standard InChI is InChI=1S/C10H14FNO/c1-6-7-12(10(3,4)5)9(13)8(2)11/h1H,2,7H2,3-5H3. The van der Waals surface area contributed by atoms with Crippen molar-refractivity contribution in [2.45, 2.75) is 26.3 Å². The highest BCUT2D eigenvalue weighted by molar-refractivity contribution is 5.91. The summed E-state index contributed by atoms with van der Waals surface area (Å²) >= 11 is 0. The predicted octanol–water partition coefficient (Wildman–Crippen LogP) is 1.73. The van der Waals surface area contributed by atoms with Gasteiger partial charge in [-0.2, -0.15) is 0 Å². The van der Waals surface area contributed by atoms with E-state index in [4.69, 9.17) is 6.42 Å². The Balaban J connectivity index is 4.74. The quantitative estimate of drug-likeness (QED) is 0.471. The fourth-order valence-electron chi connectivity index (χ4n) is 0.851. The second-order valence-electron chi connectivity index (χ2n) is 3.67. The minimum absolute atomic E-state index is 0.0886. The number of halogens is 1. The maximum Gasteiger partial charge on any atom is 0.283 e. The molecule has 0 bridgehead atoms. The number of terminal acetylenes is 1. The van der Waals surface area contributed by atoms with Gasteiger partial charge in [-0.3, -0.25) is 4.79 Å². The lowest BCUT2D eigenvalue weighted by Crippen LogP contribution is -2.45. The van der Waals surface area contributed by atoms with Crippen molar-refractivity contribution < 1.29 is 9.18 Å². The average Bonchev–Trinajstić information content (AvgIpc) is 1.96. The van der Waals surface area contributed by atoms with Gasteiger partial charge in [0.1, 0.15) is 0 Å². The molecule has 0 aromatic heterocycles. The lowest BCUT2D eigenvalue weighted by molar-refractivity contribution is -0.132. The Morgan fingerprint density at radius 2 is 2.08 bits per heavy atom. The second kappa shape index (κ2) is 4.08. The summed E-state index contributed by atoms with van der Waals surface area (Å²) in [5.74, 6) is 0.581. The zero-order chi connectivity index (χ0) is 10.6. The van der Waals surface area contributed by atoms with Crippen LogP contribution in [0.3, 0.4) is 0 Å². The van der Waals surface area contributed by atoms with Crippen molar-refractivity contribution in [1.29, 1.82) is 0 Å². The summed E-state index contributed by atoms with van der Waals surface area (Å²) in [6, 6.07) is 0. The molecule has 72 valence electrons. The minimum Gasteiger partial charge on any atom is -0.321 e. The molecule has 0 spiro atoms. The molecule has 0 unspecified atom stereocenters. The second-order valence-corrected chi connectivity index (χ2v) is 3.67. The molecule has 0 N–H and O–H groups in total. The Labute approximate surface area is 78.4 Å². The van der Waals surface area contributed by atoms with Crippen molar-refractivity contribution in [2.75, 3.05) is 6.54 Å². The van der Waals surface area contributed by atoms with E-state index in [9.17, 15) is 9.18 Å². The molecule has 0 aliphatic heterocycles. The van der Waals surface area contributed by atoms with Crippen molar-refractivity contribution in [2.24, 2.45) is 0 Å². The molecular formula is C10H14FNO. The number of amides is 1. The summed E-state index contributed by atoms with van der Waals surface area (Å²) in [4.78, 5) is 12.5. The van der Waals surface area contributed by atoms with E-state index in [0.717, 1.165) is 0 Å². The molecule has 0 aromatic rings. The van der Waals surface area contributed by atoms with Crippen molar-refractivity contribution in [3.05, 3.63) is 12.4 Å². The Morgan fingerprint density at radius 1 is 1.62 bits per heavy atom. The summed E-state index contributed by atoms with van der Waals surface area (Å²) in [5.41, 5.74) is -0.488. The maximum absolute atomic E-state index is 12.5. The van der Waals surface area contributed by atoms with E-state index in [2.05, 4.69) is 12.5 Å². The first-order chi connectivity index (χ1) is 5.80. The van der Waals surface area contributed by atoms with E-state index < -0.39 is 17.3 Å².